The Kier molecular flexibility index (Phi) is 4.43. The number of piperidine rings is 1. The number of amides is 3. The van der Waals surface area contributed by atoms with Crippen molar-refractivity contribution in [2.45, 2.75) is 49.6 Å². The fourth-order valence-electron chi connectivity index (χ4n) is 4.63. The van der Waals surface area contributed by atoms with Crippen molar-refractivity contribution in [1.82, 2.24) is 20.0 Å². The van der Waals surface area contributed by atoms with E-state index >= 15 is 0 Å². The van der Waals surface area contributed by atoms with Crippen molar-refractivity contribution in [3.63, 3.8) is 0 Å². The van der Waals surface area contributed by atoms with Gasteiger partial charge in [-0.15, -0.1) is 11.8 Å². The van der Waals surface area contributed by atoms with E-state index < -0.39 is 0 Å². The first-order valence-corrected chi connectivity index (χ1v) is 10.2. The van der Waals surface area contributed by atoms with E-state index in [-0.39, 0.29) is 34.7 Å². The van der Waals surface area contributed by atoms with Crippen molar-refractivity contribution in [3.8, 4) is 0 Å². The van der Waals surface area contributed by atoms with Crippen LogP contribution in [0, 0.1) is 0 Å². The average molecular weight is 366 g/mol. The number of piperazine rings is 1. The van der Waals surface area contributed by atoms with E-state index in [1.807, 2.05) is 14.7 Å². The number of hydrogen-bond donors (Lipinski definition) is 1. The molecule has 0 aromatic carbocycles. The number of nitrogens with one attached hydrogen (secondary N) is 1. The van der Waals surface area contributed by atoms with Gasteiger partial charge >= 0.3 is 0 Å². The molecular formula is C17H26N4O3S. The summed E-state index contributed by atoms with van der Waals surface area (Å²) in [5.41, 5.74) is 0. The van der Waals surface area contributed by atoms with Gasteiger partial charge in [-0.1, -0.05) is 0 Å². The van der Waals surface area contributed by atoms with Gasteiger partial charge < -0.3 is 20.0 Å². The largest absolute Gasteiger partial charge is 0.339 e. The van der Waals surface area contributed by atoms with Gasteiger partial charge in [0.15, 0.2) is 0 Å². The van der Waals surface area contributed by atoms with Gasteiger partial charge in [0.05, 0.1) is 11.4 Å². The summed E-state index contributed by atoms with van der Waals surface area (Å²) in [6.45, 7) is 5.34. The van der Waals surface area contributed by atoms with Crippen LogP contribution < -0.4 is 5.32 Å². The molecule has 3 amide bonds. The average Bonchev–Trinajstić information content (AvgIpc) is 3.11. The zero-order chi connectivity index (χ0) is 17.6. The molecule has 4 aliphatic rings. The molecule has 0 bridgehead atoms. The summed E-state index contributed by atoms with van der Waals surface area (Å²) in [5.74, 6) is 0.995. The summed E-state index contributed by atoms with van der Waals surface area (Å²) in [4.78, 5) is 43.1. The molecule has 0 aromatic rings. The van der Waals surface area contributed by atoms with E-state index in [4.69, 9.17) is 0 Å². The van der Waals surface area contributed by atoms with Crippen LogP contribution in [-0.4, -0.2) is 87.9 Å². The highest BCUT2D eigenvalue weighted by Gasteiger charge is 2.53. The highest BCUT2D eigenvalue weighted by molar-refractivity contribution is 8.01. The minimum Gasteiger partial charge on any atom is -0.339 e. The smallest absolute Gasteiger partial charge is 0.246 e. The maximum Gasteiger partial charge on any atom is 0.246 e. The van der Waals surface area contributed by atoms with Gasteiger partial charge in [0.25, 0.3) is 0 Å². The van der Waals surface area contributed by atoms with Crippen molar-refractivity contribution in [1.29, 1.82) is 0 Å². The van der Waals surface area contributed by atoms with Gasteiger partial charge in [-0.25, -0.2) is 0 Å². The SMILES string of the molecule is CC12CCC(=O)N1C(C(=O)N1CCCC(N3CCNCC3=O)C1)CS2. The summed E-state index contributed by atoms with van der Waals surface area (Å²) in [5, 5.41) is 3.10. The summed E-state index contributed by atoms with van der Waals surface area (Å²) in [7, 11) is 0. The topological polar surface area (TPSA) is 73.0 Å². The van der Waals surface area contributed by atoms with E-state index in [0.717, 1.165) is 32.4 Å². The summed E-state index contributed by atoms with van der Waals surface area (Å²) >= 11 is 1.73. The van der Waals surface area contributed by atoms with Gasteiger partial charge in [0.2, 0.25) is 17.7 Å². The first kappa shape index (κ1) is 17.1. The Bertz CT molecular complexity index is 600. The molecule has 4 saturated heterocycles. The molecule has 7 nitrogen and oxygen atoms in total. The fourth-order valence-corrected chi connectivity index (χ4v) is 6.05. The van der Waals surface area contributed by atoms with Crippen LogP contribution in [0.3, 0.4) is 0 Å². The predicted octanol–water partition coefficient (Wildman–Crippen LogP) is -0.137. The summed E-state index contributed by atoms with van der Waals surface area (Å²) < 4.78 is 0. The van der Waals surface area contributed by atoms with Gasteiger partial charge in [0.1, 0.15) is 6.04 Å². The van der Waals surface area contributed by atoms with Crippen molar-refractivity contribution in [3.05, 3.63) is 0 Å². The second-order valence-corrected chi connectivity index (χ2v) is 9.11. The molecule has 8 heteroatoms. The maximum absolute atomic E-state index is 13.1. The molecule has 1 N–H and O–H groups in total. The fraction of sp³-hybridized carbons (Fsp3) is 0.824. The zero-order valence-electron chi connectivity index (χ0n) is 14.7. The number of likely N-dealkylation sites (tertiary alicyclic amines) is 1. The molecule has 4 aliphatic heterocycles. The quantitative estimate of drug-likeness (QED) is 0.737. The van der Waals surface area contributed by atoms with Gasteiger partial charge in [0, 0.05) is 44.4 Å². The molecule has 3 atom stereocenters. The van der Waals surface area contributed by atoms with E-state index in [9.17, 15) is 14.4 Å². The number of carbonyl (C=O) groups excluding carboxylic acids is 3. The van der Waals surface area contributed by atoms with Crippen LogP contribution in [0.25, 0.3) is 0 Å². The van der Waals surface area contributed by atoms with Crippen LogP contribution in [0.5, 0.6) is 0 Å². The molecule has 4 fully saturated rings. The molecule has 3 unspecified atom stereocenters. The summed E-state index contributed by atoms with van der Waals surface area (Å²) in [6.07, 6.45) is 3.25. The van der Waals surface area contributed by atoms with E-state index in [0.29, 0.717) is 31.8 Å². The lowest BCUT2D eigenvalue weighted by Gasteiger charge is -2.42. The third kappa shape index (κ3) is 2.93. The molecule has 138 valence electrons. The van der Waals surface area contributed by atoms with Crippen molar-refractivity contribution >= 4 is 29.5 Å². The molecular weight excluding hydrogens is 340 g/mol. The van der Waals surface area contributed by atoms with Gasteiger partial charge in [-0.2, -0.15) is 0 Å². The van der Waals surface area contributed by atoms with Crippen LogP contribution in [0.2, 0.25) is 0 Å². The maximum atomic E-state index is 13.1. The first-order chi connectivity index (χ1) is 12.0. The zero-order valence-corrected chi connectivity index (χ0v) is 15.5. The van der Waals surface area contributed by atoms with Crippen LogP contribution in [0.4, 0.5) is 0 Å². The number of fused-ring (bicyclic) bond motifs is 1. The van der Waals surface area contributed by atoms with E-state index in [1.165, 1.54) is 0 Å². The highest BCUT2D eigenvalue weighted by atomic mass is 32.2. The van der Waals surface area contributed by atoms with Crippen LogP contribution in [-0.2, 0) is 14.4 Å². The number of rotatable bonds is 2. The molecule has 0 aromatic heterocycles. The predicted molar refractivity (Wildman–Crippen MR) is 94.9 cm³/mol. The second kappa shape index (κ2) is 6.46. The monoisotopic (exact) mass is 366 g/mol. The standard InChI is InChI=1S/C17H26N4O3S/c1-17-5-4-14(22)21(17)13(11-25-17)16(24)19-7-2-3-12(10-19)20-8-6-18-9-15(20)23/h12-13,18H,2-11H2,1H3. The molecule has 4 rings (SSSR count). The Balaban J connectivity index is 1.45. The Morgan fingerprint density at radius 3 is 2.92 bits per heavy atom. The number of nitrogens with zero attached hydrogens (tertiary/aromatic N) is 3. The lowest BCUT2D eigenvalue weighted by Crippen LogP contribution is -2.59. The van der Waals surface area contributed by atoms with E-state index in [2.05, 4.69) is 12.2 Å². The molecule has 25 heavy (non-hydrogen) atoms. The Hall–Kier alpha value is -1.28. The Labute approximate surface area is 152 Å². The lowest BCUT2D eigenvalue weighted by molar-refractivity contribution is -0.146. The Morgan fingerprint density at radius 2 is 2.12 bits per heavy atom. The molecule has 0 saturated carbocycles. The number of carbonyl (C=O) groups is 3. The normalized spacial score (nSPS) is 36.1. The third-order valence-corrected chi connectivity index (χ3v) is 7.51. The number of thioether (sulfide) groups is 1. The minimum atomic E-state index is -0.331. The molecule has 0 radical (unpaired) electrons. The third-order valence-electron chi connectivity index (χ3n) is 6.00. The van der Waals surface area contributed by atoms with E-state index in [1.54, 1.807) is 11.8 Å². The molecule has 4 heterocycles. The lowest BCUT2D eigenvalue weighted by atomic mass is 10.0. The summed E-state index contributed by atoms with van der Waals surface area (Å²) in [6, 6.07) is -0.218. The van der Waals surface area contributed by atoms with Crippen molar-refractivity contribution in [2.24, 2.45) is 0 Å². The molecule has 0 spiro atoms. The molecule has 0 aliphatic carbocycles. The second-order valence-electron chi connectivity index (χ2n) is 7.61. The minimum absolute atomic E-state index is 0.0683. The highest BCUT2D eigenvalue weighted by Crippen LogP contribution is 2.47. The van der Waals surface area contributed by atoms with Gasteiger partial charge in [-0.3, -0.25) is 14.4 Å². The van der Waals surface area contributed by atoms with Crippen molar-refractivity contribution in [2.75, 3.05) is 38.5 Å². The van der Waals surface area contributed by atoms with Crippen molar-refractivity contribution < 1.29 is 14.4 Å². The Morgan fingerprint density at radius 1 is 1.28 bits per heavy atom. The van der Waals surface area contributed by atoms with Crippen LogP contribution in [0.15, 0.2) is 0 Å². The van der Waals surface area contributed by atoms with Crippen LogP contribution in [0.1, 0.15) is 32.6 Å². The first-order valence-electron chi connectivity index (χ1n) is 9.25. The number of hydrogen-bond acceptors (Lipinski definition) is 5. The van der Waals surface area contributed by atoms with Gasteiger partial charge in [-0.05, 0) is 26.2 Å². The van der Waals surface area contributed by atoms with Crippen LogP contribution >= 0.6 is 11.8 Å².